The van der Waals surface area contributed by atoms with Crippen molar-refractivity contribution < 1.29 is 9.53 Å². The van der Waals surface area contributed by atoms with Crippen LogP contribution in [0.5, 0.6) is 5.75 Å². The van der Waals surface area contributed by atoms with Gasteiger partial charge >= 0.3 is 0 Å². The van der Waals surface area contributed by atoms with Gasteiger partial charge in [-0.1, -0.05) is 0 Å². The van der Waals surface area contributed by atoms with Crippen LogP contribution in [-0.2, 0) is 0 Å². The second-order valence-electron chi connectivity index (χ2n) is 3.40. The van der Waals surface area contributed by atoms with Crippen LogP contribution in [0.1, 0.15) is 10.4 Å². The number of nitrogens with one attached hydrogen (secondary N) is 1. The minimum atomic E-state index is -0.291. The summed E-state index contributed by atoms with van der Waals surface area (Å²) in [6.07, 6.45) is 4.67. The first-order chi connectivity index (χ1) is 8.70. The van der Waals surface area contributed by atoms with Gasteiger partial charge in [-0.15, -0.1) is 0 Å². The van der Waals surface area contributed by atoms with E-state index in [1.165, 1.54) is 13.3 Å². The highest BCUT2D eigenvalue weighted by Gasteiger charge is 2.10. The number of hydrogen-bond donors (Lipinski definition) is 1. The number of carbonyl (C=O) groups excluding carboxylic acids is 1. The summed E-state index contributed by atoms with van der Waals surface area (Å²) in [5, 5.41) is 2.67. The monoisotopic (exact) mass is 307 g/mol. The number of nitrogens with zero attached hydrogens (tertiary/aromatic N) is 2. The Hall–Kier alpha value is -1.95. The van der Waals surface area contributed by atoms with E-state index in [1.54, 1.807) is 30.6 Å². The van der Waals surface area contributed by atoms with E-state index in [-0.39, 0.29) is 5.91 Å². The van der Waals surface area contributed by atoms with E-state index < -0.39 is 0 Å². The molecule has 6 heteroatoms. The molecule has 0 aliphatic heterocycles. The third kappa shape index (κ3) is 2.84. The third-order valence-electron chi connectivity index (χ3n) is 2.19. The van der Waals surface area contributed by atoms with Crippen LogP contribution >= 0.6 is 15.9 Å². The largest absolute Gasteiger partial charge is 0.493 e. The number of anilines is 1. The summed E-state index contributed by atoms with van der Waals surface area (Å²) < 4.78 is 5.84. The lowest BCUT2D eigenvalue weighted by molar-refractivity contribution is 0.102. The minimum Gasteiger partial charge on any atom is -0.493 e. The summed E-state index contributed by atoms with van der Waals surface area (Å²) in [6.45, 7) is 0. The first-order valence-corrected chi connectivity index (χ1v) is 5.91. The smallest absolute Gasteiger partial charge is 0.258 e. The van der Waals surface area contributed by atoms with Crippen LogP contribution < -0.4 is 10.1 Å². The van der Waals surface area contributed by atoms with Crippen molar-refractivity contribution in [2.24, 2.45) is 0 Å². The van der Waals surface area contributed by atoms with Crippen LogP contribution in [-0.4, -0.2) is 23.0 Å². The molecular formula is C12H10BrN3O2. The summed E-state index contributed by atoms with van der Waals surface area (Å²) in [5.74, 6) is 0.597. The molecule has 0 aromatic carbocycles. The number of methoxy groups -OCH3 is 1. The highest BCUT2D eigenvalue weighted by atomic mass is 79.9. The molecule has 0 aliphatic carbocycles. The highest BCUT2D eigenvalue weighted by Crippen LogP contribution is 2.21. The lowest BCUT2D eigenvalue weighted by atomic mass is 10.2. The number of amides is 1. The fourth-order valence-corrected chi connectivity index (χ4v) is 1.73. The van der Waals surface area contributed by atoms with Crippen molar-refractivity contribution in [3.63, 3.8) is 0 Å². The molecule has 1 N–H and O–H groups in total. The number of hydrogen-bond acceptors (Lipinski definition) is 4. The predicted molar refractivity (Wildman–Crippen MR) is 70.7 cm³/mol. The van der Waals surface area contributed by atoms with E-state index >= 15 is 0 Å². The molecule has 18 heavy (non-hydrogen) atoms. The first kappa shape index (κ1) is 12.5. The molecule has 0 atom stereocenters. The maximum Gasteiger partial charge on any atom is 0.258 e. The Bertz CT molecular complexity index is 575. The molecule has 0 radical (unpaired) electrons. The van der Waals surface area contributed by atoms with Crippen LogP contribution in [0, 0.1) is 0 Å². The van der Waals surface area contributed by atoms with Gasteiger partial charge in [0.2, 0.25) is 0 Å². The average molecular weight is 308 g/mol. The molecule has 0 bridgehead atoms. The molecule has 0 saturated carbocycles. The van der Waals surface area contributed by atoms with Gasteiger partial charge in [0.25, 0.3) is 5.91 Å². The predicted octanol–water partition coefficient (Wildman–Crippen LogP) is 2.50. The van der Waals surface area contributed by atoms with Crippen LogP contribution in [0.25, 0.3) is 0 Å². The zero-order valence-corrected chi connectivity index (χ0v) is 11.1. The number of halogens is 1. The summed E-state index contributed by atoms with van der Waals surface area (Å²) in [6, 6.07) is 5.13. The fourth-order valence-electron chi connectivity index (χ4n) is 1.36. The zero-order chi connectivity index (χ0) is 13.0. The van der Waals surface area contributed by atoms with Crippen molar-refractivity contribution >= 4 is 27.7 Å². The van der Waals surface area contributed by atoms with Gasteiger partial charge in [0.05, 0.1) is 12.7 Å². The Labute approximate surface area is 112 Å². The standard InChI is InChI=1S/C12H10BrN3O2/c1-18-10-3-2-4-15-11(10)16-12(17)8-5-9(13)7-14-6-8/h2-7H,1H3,(H,15,16,17). The summed E-state index contributed by atoms with van der Waals surface area (Å²) >= 11 is 3.26. The van der Waals surface area contributed by atoms with Crippen LogP contribution in [0.15, 0.2) is 41.3 Å². The molecule has 5 nitrogen and oxygen atoms in total. The van der Waals surface area contributed by atoms with E-state index in [4.69, 9.17) is 4.74 Å². The van der Waals surface area contributed by atoms with Gasteiger partial charge in [-0.2, -0.15) is 0 Å². The van der Waals surface area contributed by atoms with E-state index in [0.29, 0.717) is 17.1 Å². The number of carbonyl (C=O) groups is 1. The normalized spacial score (nSPS) is 9.89. The van der Waals surface area contributed by atoms with E-state index in [9.17, 15) is 4.79 Å². The molecule has 2 aromatic heterocycles. The van der Waals surface area contributed by atoms with Gasteiger partial charge in [-0.05, 0) is 34.1 Å². The molecule has 2 rings (SSSR count). The Morgan fingerprint density at radius 3 is 3.00 bits per heavy atom. The van der Waals surface area contributed by atoms with E-state index in [0.717, 1.165) is 4.47 Å². The van der Waals surface area contributed by atoms with Gasteiger partial charge in [0.1, 0.15) is 0 Å². The molecule has 0 unspecified atom stereocenters. The van der Waals surface area contributed by atoms with Gasteiger partial charge in [0, 0.05) is 23.1 Å². The SMILES string of the molecule is COc1cccnc1NC(=O)c1cncc(Br)c1. The highest BCUT2D eigenvalue weighted by molar-refractivity contribution is 9.10. The molecule has 0 saturated heterocycles. The van der Waals surface area contributed by atoms with Crippen molar-refractivity contribution in [1.29, 1.82) is 0 Å². The van der Waals surface area contributed by atoms with Crippen molar-refractivity contribution in [2.45, 2.75) is 0 Å². The van der Waals surface area contributed by atoms with E-state index in [1.807, 2.05) is 0 Å². The second-order valence-corrected chi connectivity index (χ2v) is 4.32. The Morgan fingerprint density at radius 1 is 1.44 bits per heavy atom. The van der Waals surface area contributed by atoms with Crippen LogP contribution in [0.3, 0.4) is 0 Å². The summed E-state index contributed by atoms with van der Waals surface area (Å²) in [5.41, 5.74) is 0.442. The van der Waals surface area contributed by atoms with Crippen molar-refractivity contribution in [3.8, 4) is 5.75 Å². The number of aromatic nitrogens is 2. The average Bonchev–Trinajstić information content (AvgIpc) is 2.39. The third-order valence-corrected chi connectivity index (χ3v) is 2.62. The number of pyridine rings is 2. The Morgan fingerprint density at radius 2 is 2.28 bits per heavy atom. The maximum absolute atomic E-state index is 12.0. The van der Waals surface area contributed by atoms with Gasteiger partial charge in [0.15, 0.2) is 11.6 Å². The fraction of sp³-hybridized carbons (Fsp3) is 0.0833. The molecule has 2 heterocycles. The molecule has 2 aromatic rings. The molecule has 92 valence electrons. The van der Waals surface area contributed by atoms with Gasteiger partial charge in [-0.25, -0.2) is 4.98 Å². The molecule has 0 fully saturated rings. The number of rotatable bonds is 3. The quantitative estimate of drug-likeness (QED) is 0.946. The van der Waals surface area contributed by atoms with Gasteiger partial charge in [-0.3, -0.25) is 9.78 Å². The lowest BCUT2D eigenvalue weighted by Crippen LogP contribution is -2.14. The summed E-state index contributed by atoms with van der Waals surface area (Å²) in [4.78, 5) is 19.9. The van der Waals surface area contributed by atoms with Gasteiger partial charge < -0.3 is 10.1 Å². The molecule has 0 spiro atoms. The summed E-state index contributed by atoms with van der Waals surface area (Å²) in [7, 11) is 1.52. The second kappa shape index (κ2) is 5.59. The molecule has 1 amide bonds. The van der Waals surface area contributed by atoms with Crippen molar-refractivity contribution in [1.82, 2.24) is 9.97 Å². The zero-order valence-electron chi connectivity index (χ0n) is 9.55. The molecule has 0 aliphatic rings. The van der Waals surface area contributed by atoms with Crippen molar-refractivity contribution in [3.05, 3.63) is 46.8 Å². The van der Waals surface area contributed by atoms with Crippen LogP contribution in [0.2, 0.25) is 0 Å². The van der Waals surface area contributed by atoms with Crippen LogP contribution in [0.4, 0.5) is 5.82 Å². The lowest BCUT2D eigenvalue weighted by Gasteiger charge is -2.08. The minimum absolute atomic E-state index is 0.291. The Balaban J connectivity index is 2.21. The van der Waals surface area contributed by atoms with Crippen molar-refractivity contribution in [2.75, 3.05) is 12.4 Å². The first-order valence-electron chi connectivity index (χ1n) is 5.11. The van der Waals surface area contributed by atoms with E-state index in [2.05, 4.69) is 31.2 Å². The topological polar surface area (TPSA) is 64.1 Å². The Kier molecular flexibility index (Phi) is 3.88. The molecular weight excluding hydrogens is 298 g/mol. The number of ether oxygens (including phenoxy) is 1. The maximum atomic E-state index is 12.0.